The van der Waals surface area contributed by atoms with E-state index in [1.807, 2.05) is 16.8 Å². The van der Waals surface area contributed by atoms with E-state index in [-0.39, 0.29) is 18.4 Å². The zero-order valence-corrected chi connectivity index (χ0v) is 12.4. The molecule has 1 N–H and O–H groups in total. The second kappa shape index (κ2) is 6.95. The van der Waals surface area contributed by atoms with Crippen molar-refractivity contribution in [3.05, 3.63) is 0 Å². The van der Waals surface area contributed by atoms with Gasteiger partial charge in [-0.25, -0.2) is 4.79 Å². The van der Waals surface area contributed by atoms with Gasteiger partial charge in [0.15, 0.2) is 0 Å². The van der Waals surface area contributed by atoms with Crippen LogP contribution < -0.4 is 0 Å². The summed E-state index contributed by atoms with van der Waals surface area (Å²) in [6, 6.07) is 0.461. The Hall–Kier alpha value is -1.26. The number of aliphatic carboxylic acids is 1. The SMILES string of the molecule is CN(C(=O)N1CCCC(CC(=O)O)C1)C1CCCCC1. The lowest BCUT2D eigenvalue weighted by Crippen LogP contribution is -2.50. The molecule has 114 valence electrons. The van der Waals surface area contributed by atoms with Crippen molar-refractivity contribution in [1.82, 2.24) is 9.80 Å². The molecule has 1 aliphatic carbocycles. The number of hydrogen-bond acceptors (Lipinski definition) is 2. The lowest BCUT2D eigenvalue weighted by Gasteiger charge is -2.38. The maximum Gasteiger partial charge on any atom is 0.319 e. The first kappa shape index (κ1) is 15.1. The molecule has 0 spiro atoms. The van der Waals surface area contributed by atoms with Crippen LogP contribution in [0.4, 0.5) is 4.79 Å². The number of piperidine rings is 1. The Bertz CT molecular complexity index is 353. The van der Waals surface area contributed by atoms with Crippen molar-refractivity contribution in [2.45, 2.75) is 57.4 Å². The van der Waals surface area contributed by atoms with E-state index in [1.54, 1.807) is 0 Å². The average Bonchev–Trinajstić information content (AvgIpc) is 2.46. The van der Waals surface area contributed by atoms with Crippen molar-refractivity contribution < 1.29 is 14.7 Å². The van der Waals surface area contributed by atoms with Crippen LogP contribution in [0.3, 0.4) is 0 Å². The van der Waals surface area contributed by atoms with Gasteiger partial charge in [0.05, 0.1) is 0 Å². The van der Waals surface area contributed by atoms with Crippen molar-refractivity contribution >= 4 is 12.0 Å². The van der Waals surface area contributed by atoms with Crippen LogP contribution in [0.2, 0.25) is 0 Å². The lowest BCUT2D eigenvalue weighted by atomic mass is 9.93. The van der Waals surface area contributed by atoms with Gasteiger partial charge in [-0.05, 0) is 31.6 Å². The summed E-state index contributed by atoms with van der Waals surface area (Å²) in [4.78, 5) is 27.1. The number of carboxylic acids is 1. The highest BCUT2D eigenvalue weighted by molar-refractivity contribution is 5.75. The van der Waals surface area contributed by atoms with Gasteiger partial charge in [0.25, 0.3) is 0 Å². The van der Waals surface area contributed by atoms with Crippen LogP contribution in [0.1, 0.15) is 51.4 Å². The van der Waals surface area contributed by atoms with Crippen LogP contribution in [0, 0.1) is 5.92 Å². The molecule has 1 aliphatic heterocycles. The first-order valence-corrected chi connectivity index (χ1v) is 7.81. The van der Waals surface area contributed by atoms with Gasteiger partial charge < -0.3 is 14.9 Å². The Labute approximate surface area is 120 Å². The van der Waals surface area contributed by atoms with Crippen LogP contribution in [0.25, 0.3) is 0 Å². The quantitative estimate of drug-likeness (QED) is 0.865. The maximum absolute atomic E-state index is 12.5. The highest BCUT2D eigenvalue weighted by Crippen LogP contribution is 2.25. The van der Waals surface area contributed by atoms with Crippen molar-refractivity contribution in [1.29, 1.82) is 0 Å². The molecule has 0 aromatic heterocycles. The maximum atomic E-state index is 12.5. The first-order chi connectivity index (χ1) is 9.58. The summed E-state index contributed by atoms with van der Waals surface area (Å²) in [7, 11) is 1.90. The molecule has 0 radical (unpaired) electrons. The molecular weight excluding hydrogens is 256 g/mol. The number of urea groups is 1. The van der Waals surface area contributed by atoms with Gasteiger partial charge >= 0.3 is 12.0 Å². The molecule has 1 saturated heterocycles. The molecule has 2 fully saturated rings. The molecule has 0 bridgehead atoms. The first-order valence-electron chi connectivity index (χ1n) is 7.81. The fourth-order valence-electron chi connectivity index (χ4n) is 3.50. The minimum absolute atomic E-state index is 0.0898. The van der Waals surface area contributed by atoms with Gasteiger partial charge in [0.2, 0.25) is 0 Å². The number of carbonyl (C=O) groups is 2. The summed E-state index contributed by atoms with van der Waals surface area (Å²) in [6.45, 7) is 1.37. The summed E-state index contributed by atoms with van der Waals surface area (Å²) in [5.74, 6) is -0.644. The van der Waals surface area contributed by atoms with E-state index in [0.717, 1.165) is 32.2 Å². The molecule has 5 heteroatoms. The van der Waals surface area contributed by atoms with E-state index in [9.17, 15) is 9.59 Å². The normalized spacial score (nSPS) is 24.4. The van der Waals surface area contributed by atoms with E-state index < -0.39 is 5.97 Å². The highest BCUT2D eigenvalue weighted by atomic mass is 16.4. The predicted octanol–water partition coefficient (Wildman–Crippen LogP) is 2.56. The van der Waals surface area contributed by atoms with Gasteiger partial charge in [-0.15, -0.1) is 0 Å². The summed E-state index contributed by atoms with van der Waals surface area (Å²) in [5.41, 5.74) is 0. The fraction of sp³-hybridized carbons (Fsp3) is 0.867. The fourth-order valence-corrected chi connectivity index (χ4v) is 3.50. The largest absolute Gasteiger partial charge is 0.481 e. The van der Waals surface area contributed by atoms with Gasteiger partial charge in [-0.3, -0.25) is 4.79 Å². The summed E-state index contributed by atoms with van der Waals surface area (Å²) in [6.07, 6.45) is 7.93. The molecule has 2 amide bonds. The predicted molar refractivity (Wildman–Crippen MR) is 76.6 cm³/mol. The van der Waals surface area contributed by atoms with E-state index >= 15 is 0 Å². The summed E-state index contributed by atoms with van der Waals surface area (Å²) in [5, 5.41) is 8.89. The van der Waals surface area contributed by atoms with Crippen molar-refractivity contribution in [3.8, 4) is 0 Å². The van der Waals surface area contributed by atoms with Crippen LogP contribution in [0.15, 0.2) is 0 Å². The standard InChI is InChI=1S/C15H26N2O3/c1-16(13-7-3-2-4-8-13)15(20)17-9-5-6-12(11-17)10-14(18)19/h12-13H,2-11H2,1H3,(H,18,19). The molecule has 5 nitrogen and oxygen atoms in total. The molecule has 1 heterocycles. The van der Waals surface area contributed by atoms with Crippen molar-refractivity contribution in [2.75, 3.05) is 20.1 Å². The third-order valence-electron chi connectivity index (χ3n) is 4.68. The van der Waals surface area contributed by atoms with E-state index in [2.05, 4.69) is 0 Å². The number of carbonyl (C=O) groups excluding carboxylic acids is 1. The van der Waals surface area contributed by atoms with Crippen LogP contribution in [-0.4, -0.2) is 53.1 Å². The second-order valence-electron chi connectivity index (χ2n) is 6.24. The highest BCUT2D eigenvalue weighted by Gasteiger charge is 2.30. The molecule has 1 unspecified atom stereocenters. The monoisotopic (exact) mass is 282 g/mol. The molecule has 0 aromatic carbocycles. The lowest BCUT2D eigenvalue weighted by molar-refractivity contribution is -0.138. The number of carboxylic acid groups (broad SMARTS) is 1. The van der Waals surface area contributed by atoms with E-state index in [0.29, 0.717) is 12.6 Å². The number of hydrogen-bond donors (Lipinski definition) is 1. The number of likely N-dealkylation sites (tertiary alicyclic amines) is 1. The zero-order chi connectivity index (χ0) is 14.5. The molecule has 20 heavy (non-hydrogen) atoms. The van der Waals surface area contributed by atoms with Crippen molar-refractivity contribution in [3.63, 3.8) is 0 Å². The third-order valence-corrected chi connectivity index (χ3v) is 4.68. The number of rotatable bonds is 3. The van der Waals surface area contributed by atoms with Gasteiger partial charge in [-0.2, -0.15) is 0 Å². The molecule has 0 aromatic rings. The minimum atomic E-state index is -0.759. The Morgan fingerprint density at radius 2 is 1.85 bits per heavy atom. The van der Waals surface area contributed by atoms with Crippen LogP contribution >= 0.6 is 0 Å². The van der Waals surface area contributed by atoms with E-state index in [1.165, 1.54) is 19.3 Å². The third kappa shape index (κ3) is 3.87. The Kier molecular flexibility index (Phi) is 5.26. The molecule has 1 saturated carbocycles. The van der Waals surface area contributed by atoms with Crippen LogP contribution in [0.5, 0.6) is 0 Å². The van der Waals surface area contributed by atoms with Crippen molar-refractivity contribution in [2.24, 2.45) is 5.92 Å². The molecule has 2 aliphatic rings. The second-order valence-corrected chi connectivity index (χ2v) is 6.24. The number of amides is 2. The summed E-state index contributed by atoms with van der Waals surface area (Å²) < 4.78 is 0. The zero-order valence-electron chi connectivity index (χ0n) is 12.4. The van der Waals surface area contributed by atoms with Gasteiger partial charge in [0.1, 0.15) is 0 Å². The number of nitrogens with zero attached hydrogens (tertiary/aromatic N) is 2. The van der Waals surface area contributed by atoms with Gasteiger partial charge in [0, 0.05) is 32.6 Å². The molecular formula is C15H26N2O3. The van der Waals surface area contributed by atoms with Gasteiger partial charge in [-0.1, -0.05) is 19.3 Å². The topological polar surface area (TPSA) is 60.9 Å². The Morgan fingerprint density at radius 1 is 1.15 bits per heavy atom. The van der Waals surface area contributed by atoms with Crippen LogP contribution in [-0.2, 0) is 4.79 Å². The van der Waals surface area contributed by atoms with E-state index in [4.69, 9.17) is 5.11 Å². The molecule has 1 atom stereocenters. The summed E-state index contributed by atoms with van der Waals surface area (Å²) >= 11 is 0. The average molecular weight is 282 g/mol. The Morgan fingerprint density at radius 3 is 2.50 bits per heavy atom. The molecule has 2 rings (SSSR count). The smallest absolute Gasteiger partial charge is 0.319 e. The minimum Gasteiger partial charge on any atom is -0.481 e. The Balaban J connectivity index is 1.88.